The number of hydrogen-bond acceptors (Lipinski definition) is 3. The van der Waals surface area contributed by atoms with Gasteiger partial charge in [0.25, 0.3) is 0 Å². The van der Waals surface area contributed by atoms with Gasteiger partial charge in [-0.25, -0.2) is 0 Å². The summed E-state index contributed by atoms with van der Waals surface area (Å²) in [6.07, 6.45) is 2.51. The van der Waals surface area contributed by atoms with Crippen molar-refractivity contribution in [1.82, 2.24) is 0 Å². The third-order valence-electron chi connectivity index (χ3n) is 6.43. The summed E-state index contributed by atoms with van der Waals surface area (Å²) >= 11 is 0. The standard InChI is InChI=1S/C15H24O3/c1-8-4-5-9-12(8)13-10(14(13,2)7-16)6-11(17)15(9,3)18/h8-10,12-13,16,18H,4-7H2,1-3H3/t8-,9+,10-,12-,13-,14+,15-/m0/s1. The fraction of sp³-hybridized carbons (Fsp3) is 0.933. The van der Waals surface area contributed by atoms with E-state index in [1.54, 1.807) is 6.92 Å². The highest BCUT2D eigenvalue weighted by Crippen LogP contribution is 2.70. The Kier molecular flexibility index (Phi) is 2.50. The molecule has 3 fully saturated rings. The lowest BCUT2D eigenvalue weighted by Crippen LogP contribution is -2.45. The molecule has 18 heavy (non-hydrogen) atoms. The number of aliphatic hydroxyl groups excluding tert-OH is 1. The third kappa shape index (κ3) is 1.35. The molecule has 3 aliphatic carbocycles. The number of rotatable bonds is 1. The Morgan fingerprint density at radius 1 is 1.28 bits per heavy atom. The lowest BCUT2D eigenvalue weighted by molar-refractivity contribution is -0.143. The minimum absolute atomic E-state index is 0.00345. The van der Waals surface area contributed by atoms with Crippen LogP contribution in [0.2, 0.25) is 0 Å². The Bertz CT molecular complexity index is 389. The van der Waals surface area contributed by atoms with Crippen LogP contribution in [0.15, 0.2) is 0 Å². The van der Waals surface area contributed by atoms with E-state index in [0.717, 1.165) is 12.8 Å². The highest BCUT2D eigenvalue weighted by molar-refractivity contribution is 5.88. The molecule has 7 atom stereocenters. The van der Waals surface area contributed by atoms with Crippen molar-refractivity contribution in [2.75, 3.05) is 6.61 Å². The van der Waals surface area contributed by atoms with Crippen molar-refractivity contribution in [3.63, 3.8) is 0 Å². The van der Waals surface area contributed by atoms with Crippen molar-refractivity contribution in [1.29, 1.82) is 0 Å². The normalized spacial score (nSPS) is 58.9. The summed E-state index contributed by atoms with van der Waals surface area (Å²) in [6.45, 7) is 6.24. The van der Waals surface area contributed by atoms with Crippen LogP contribution in [0.1, 0.15) is 40.0 Å². The monoisotopic (exact) mass is 252 g/mol. The van der Waals surface area contributed by atoms with Gasteiger partial charge in [0.2, 0.25) is 0 Å². The first kappa shape index (κ1) is 12.6. The van der Waals surface area contributed by atoms with Crippen LogP contribution in [0.4, 0.5) is 0 Å². The molecule has 0 heterocycles. The predicted octanol–water partition coefficient (Wildman–Crippen LogP) is 1.62. The van der Waals surface area contributed by atoms with E-state index in [1.165, 1.54) is 0 Å². The second kappa shape index (κ2) is 3.57. The van der Waals surface area contributed by atoms with Gasteiger partial charge >= 0.3 is 0 Å². The zero-order valence-corrected chi connectivity index (χ0v) is 11.5. The van der Waals surface area contributed by atoms with Gasteiger partial charge in [0.15, 0.2) is 5.78 Å². The lowest BCUT2D eigenvalue weighted by Gasteiger charge is -2.34. The van der Waals surface area contributed by atoms with Crippen LogP contribution in [0.3, 0.4) is 0 Å². The second-order valence-corrected chi connectivity index (χ2v) is 7.31. The molecule has 0 unspecified atom stereocenters. The highest BCUT2D eigenvalue weighted by atomic mass is 16.3. The SMILES string of the molecule is C[C@H]1CC[C@@H]2[C@H]1[C@@H]1[C@H](CC(=O)[C@@]2(C)O)[C@@]1(C)CO. The summed E-state index contributed by atoms with van der Waals surface area (Å²) in [5.41, 5.74) is -1.22. The molecular formula is C15H24O3. The van der Waals surface area contributed by atoms with Gasteiger partial charge in [-0.15, -0.1) is 0 Å². The molecule has 0 aromatic heterocycles. The second-order valence-electron chi connectivity index (χ2n) is 7.31. The molecule has 3 rings (SSSR count). The van der Waals surface area contributed by atoms with Crippen LogP contribution < -0.4 is 0 Å². The summed E-state index contributed by atoms with van der Waals surface area (Å²) in [5.74, 6) is 1.79. The topological polar surface area (TPSA) is 57.5 Å². The first-order chi connectivity index (χ1) is 8.34. The zero-order chi connectivity index (χ0) is 13.3. The molecule has 0 saturated heterocycles. The molecule has 2 N–H and O–H groups in total. The van der Waals surface area contributed by atoms with Gasteiger partial charge < -0.3 is 10.2 Å². The van der Waals surface area contributed by atoms with Gasteiger partial charge in [-0.2, -0.15) is 0 Å². The molecule has 3 heteroatoms. The largest absolute Gasteiger partial charge is 0.396 e. The average molecular weight is 252 g/mol. The molecule has 0 radical (unpaired) electrons. The molecule has 0 spiro atoms. The van der Waals surface area contributed by atoms with E-state index in [4.69, 9.17) is 0 Å². The summed E-state index contributed by atoms with van der Waals surface area (Å²) < 4.78 is 0. The van der Waals surface area contributed by atoms with Gasteiger partial charge in [0.05, 0.1) is 0 Å². The number of carbonyl (C=O) groups is 1. The molecule has 102 valence electrons. The van der Waals surface area contributed by atoms with Crippen molar-refractivity contribution in [3.05, 3.63) is 0 Å². The zero-order valence-electron chi connectivity index (χ0n) is 11.5. The van der Waals surface area contributed by atoms with Crippen LogP contribution in [-0.4, -0.2) is 28.2 Å². The summed E-state index contributed by atoms with van der Waals surface area (Å²) in [6, 6.07) is 0. The van der Waals surface area contributed by atoms with E-state index in [2.05, 4.69) is 13.8 Å². The third-order valence-corrected chi connectivity index (χ3v) is 6.43. The maximum atomic E-state index is 12.3. The smallest absolute Gasteiger partial charge is 0.164 e. The number of carbonyl (C=O) groups excluding carboxylic acids is 1. The molecule has 0 amide bonds. The van der Waals surface area contributed by atoms with E-state index in [-0.39, 0.29) is 29.6 Å². The van der Waals surface area contributed by atoms with Crippen LogP contribution in [0.5, 0.6) is 0 Å². The Morgan fingerprint density at radius 2 is 1.94 bits per heavy atom. The van der Waals surface area contributed by atoms with Crippen molar-refractivity contribution in [3.8, 4) is 0 Å². The maximum Gasteiger partial charge on any atom is 0.164 e. The summed E-state index contributed by atoms with van der Waals surface area (Å²) in [5, 5.41) is 20.2. The summed E-state index contributed by atoms with van der Waals surface area (Å²) in [4.78, 5) is 12.3. The van der Waals surface area contributed by atoms with Crippen LogP contribution >= 0.6 is 0 Å². The van der Waals surface area contributed by atoms with E-state index in [9.17, 15) is 15.0 Å². The minimum Gasteiger partial charge on any atom is -0.396 e. The minimum atomic E-state index is -1.14. The van der Waals surface area contributed by atoms with E-state index in [1.807, 2.05) is 0 Å². The van der Waals surface area contributed by atoms with Gasteiger partial charge in [-0.05, 0) is 48.3 Å². The molecule has 0 aromatic rings. The fourth-order valence-electron chi connectivity index (χ4n) is 5.09. The number of fused-ring (bicyclic) bond motifs is 3. The quantitative estimate of drug-likeness (QED) is 0.745. The average Bonchev–Trinajstić information content (AvgIpc) is 2.71. The van der Waals surface area contributed by atoms with Crippen LogP contribution in [0, 0.1) is 35.0 Å². The Balaban J connectivity index is 2.00. The molecule has 0 aromatic carbocycles. The van der Waals surface area contributed by atoms with Crippen LogP contribution in [-0.2, 0) is 4.79 Å². The van der Waals surface area contributed by atoms with E-state index >= 15 is 0 Å². The maximum absolute atomic E-state index is 12.3. The highest BCUT2D eigenvalue weighted by Gasteiger charge is 2.70. The van der Waals surface area contributed by atoms with Crippen LogP contribution in [0.25, 0.3) is 0 Å². The summed E-state index contributed by atoms with van der Waals surface area (Å²) in [7, 11) is 0. The first-order valence-electron chi connectivity index (χ1n) is 7.20. The van der Waals surface area contributed by atoms with Crippen molar-refractivity contribution < 1.29 is 15.0 Å². The molecule has 3 nitrogen and oxygen atoms in total. The molecule has 0 aliphatic heterocycles. The van der Waals surface area contributed by atoms with Crippen molar-refractivity contribution in [2.24, 2.45) is 35.0 Å². The van der Waals surface area contributed by atoms with Gasteiger partial charge in [-0.1, -0.05) is 20.3 Å². The predicted molar refractivity (Wildman–Crippen MR) is 67.8 cm³/mol. The van der Waals surface area contributed by atoms with Gasteiger partial charge in [-0.3, -0.25) is 4.79 Å². The Hall–Kier alpha value is -0.410. The lowest BCUT2D eigenvalue weighted by atomic mass is 9.74. The first-order valence-corrected chi connectivity index (χ1v) is 7.20. The number of Topliss-reactive ketones (excluding diaryl/α,β-unsaturated/α-hetero) is 1. The van der Waals surface area contributed by atoms with Crippen molar-refractivity contribution in [2.45, 2.75) is 45.6 Å². The molecule has 3 aliphatic rings. The van der Waals surface area contributed by atoms with E-state index in [0.29, 0.717) is 24.2 Å². The van der Waals surface area contributed by atoms with Crippen molar-refractivity contribution >= 4 is 5.78 Å². The Morgan fingerprint density at radius 3 is 2.56 bits per heavy atom. The number of ketones is 1. The van der Waals surface area contributed by atoms with Gasteiger partial charge in [0.1, 0.15) is 5.60 Å². The van der Waals surface area contributed by atoms with Gasteiger partial charge in [0, 0.05) is 13.0 Å². The Labute approximate surface area is 109 Å². The number of aliphatic hydroxyl groups is 2. The molecular weight excluding hydrogens is 228 g/mol. The molecule has 3 saturated carbocycles. The van der Waals surface area contributed by atoms with E-state index < -0.39 is 5.60 Å². The number of hydrogen-bond donors (Lipinski definition) is 2. The molecule has 0 bridgehead atoms. The fourth-order valence-corrected chi connectivity index (χ4v) is 5.09.